The Hall–Kier alpha value is -1.62. The van der Waals surface area contributed by atoms with E-state index >= 15 is 0 Å². The minimum atomic E-state index is 0.0116. The van der Waals surface area contributed by atoms with Gasteiger partial charge < -0.3 is 15.0 Å². The van der Waals surface area contributed by atoms with Gasteiger partial charge in [0.2, 0.25) is 0 Å². The Balaban J connectivity index is 2.07. The number of nitrogens with zero attached hydrogens (tertiary/aromatic N) is 2. The van der Waals surface area contributed by atoms with Crippen LogP contribution in [0.5, 0.6) is 0 Å². The zero-order chi connectivity index (χ0) is 13.8. The van der Waals surface area contributed by atoms with Crippen molar-refractivity contribution in [2.24, 2.45) is 0 Å². The smallest absolute Gasteiger partial charge is 0.253 e. The Bertz CT molecular complexity index is 456. The second kappa shape index (κ2) is 6.02. The van der Waals surface area contributed by atoms with Gasteiger partial charge in [0.05, 0.1) is 6.10 Å². The van der Waals surface area contributed by atoms with Gasteiger partial charge in [-0.2, -0.15) is 0 Å². The molecule has 0 spiro atoms. The predicted molar refractivity (Wildman–Crippen MR) is 74.5 cm³/mol. The van der Waals surface area contributed by atoms with Crippen LogP contribution >= 0.6 is 0 Å². The SMILES string of the molecule is CNc1cc(C(=O)N(C)CC2CCCO2)cc(C)n1. The van der Waals surface area contributed by atoms with Crippen LogP contribution in [0.25, 0.3) is 0 Å². The lowest BCUT2D eigenvalue weighted by Crippen LogP contribution is -2.34. The molecule has 1 unspecified atom stereocenters. The van der Waals surface area contributed by atoms with Crippen molar-refractivity contribution in [3.05, 3.63) is 23.4 Å². The molecule has 1 aromatic rings. The molecule has 2 heterocycles. The summed E-state index contributed by atoms with van der Waals surface area (Å²) in [7, 11) is 3.62. The lowest BCUT2D eigenvalue weighted by molar-refractivity contribution is 0.0587. The van der Waals surface area contributed by atoms with Crippen molar-refractivity contribution in [3.63, 3.8) is 0 Å². The third-order valence-electron chi connectivity index (χ3n) is 3.30. The average molecular weight is 263 g/mol. The first-order valence-electron chi connectivity index (χ1n) is 6.63. The number of aryl methyl sites for hydroxylation is 1. The van der Waals surface area contributed by atoms with Gasteiger partial charge in [-0.1, -0.05) is 0 Å². The maximum atomic E-state index is 12.4. The Morgan fingerprint density at radius 3 is 3.00 bits per heavy atom. The van der Waals surface area contributed by atoms with E-state index in [4.69, 9.17) is 4.74 Å². The van der Waals surface area contributed by atoms with E-state index in [1.165, 1.54) is 0 Å². The van der Waals surface area contributed by atoms with Crippen molar-refractivity contribution >= 4 is 11.7 Å². The summed E-state index contributed by atoms with van der Waals surface area (Å²) in [5.41, 5.74) is 1.50. The van der Waals surface area contributed by atoms with Crippen LogP contribution in [-0.2, 0) is 4.74 Å². The summed E-state index contributed by atoms with van der Waals surface area (Å²) in [4.78, 5) is 18.4. The van der Waals surface area contributed by atoms with Gasteiger partial charge in [-0.25, -0.2) is 4.98 Å². The highest BCUT2D eigenvalue weighted by atomic mass is 16.5. The predicted octanol–water partition coefficient (Wildman–Crippen LogP) is 1.68. The van der Waals surface area contributed by atoms with Crippen LogP contribution < -0.4 is 5.32 Å². The van der Waals surface area contributed by atoms with Crippen molar-refractivity contribution < 1.29 is 9.53 Å². The number of carbonyl (C=O) groups is 1. The third-order valence-corrected chi connectivity index (χ3v) is 3.30. The Morgan fingerprint density at radius 2 is 2.37 bits per heavy atom. The quantitative estimate of drug-likeness (QED) is 0.898. The summed E-state index contributed by atoms with van der Waals surface area (Å²) in [6.45, 7) is 3.34. The number of likely N-dealkylation sites (N-methyl/N-ethyl adjacent to an activating group) is 1. The van der Waals surface area contributed by atoms with E-state index in [1.807, 2.05) is 20.0 Å². The average Bonchev–Trinajstić information content (AvgIpc) is 2.89. The number of rotatable bonds is 4. The van der Waals surface area contributed by atoms with Gasteiger partial charge in [-0.05, 0) is 31.9 Å². The van der Waals surface area contributed by atoms with Crippen molar-refractivity contribution in [2.45, 2.75) is 25.9 Å². The summed E-state index contributed by atoms with van der Waals surface area (Å²) in [6.07, 6.45) is 2.31. The maximum Gasteiger partial charge on any atom is 0.253 e. The van der Waals surface area contributed by atoms with Crippen LogP contribution in [0.15, 0.2) is 12.1 Å². The molecule has 0 radical (unpaired) electrons. The highest BCUT2D eigenvalue weighted by Crippen LogP contribution is 2.15. The number of hydrogen-bond acceptors (Lipinski definition) is 4. The molecule has 1 fully saturated rings. The monoisotopic (exact) mass is 263 g/mol. The molecule has 104 valence electrons. The number of amides is 1. The largest absolute Gasteiger partial charge is 0.376 e. The molecule has 1 amide bonds. The van der Waals surface area contributed by atoms with Gasteiger partial charge in [0.1, 0.15) is 5.82 Å². The van der Waals surface area contributed by atoms with Crippen molar-refractivity contribution in [3.8, 4) is 0 Å². The molecule has 0 aliphatic carbocycles. The van der Waals surface area contributed by atoms with Gasteiger partial charge in [0.25, 0.3) is 5.91 Å². The summed E-state index contributed by atoms with van der Waals surface area (Å²) >= 11 is 0. The molecule has 5 heteroatoms. The lowest BCUT2D eigenvalue weighted by Gasteiger charge is -2.21. The first kappa shape index (κ1) is 13.8. The normalized spacial score (nSPS) is 18.4. The number of pyridine rings is 1. The molecule has 1 aliphatic heterocycles. The Labute approximate surface area is 114 Å². The minimum Gasteiger partial charge on any atom is -0.376 e. The van der Waals surface area contributed by atoms with Crippen LogP contribution in [0.4, 0.5) is 5.82 Å². The fourth-order valence-corrected chi connectivity index (χ4v) is 2.32. The van der Waals surface area contributed by atoms with Gasteiger partial charge in [-0.15, -0.1) is 0 Å². The first-order valence-corrected chi connectivity index (χ1v) is 6.63. The summed E-state index contributed by atoms with van der Waals surface area (Å²) in [5.74, 6) is 0.728. The van der Waals surface area contributed by atoms with E-state index in [-0.39, 0.29) is 12.0 Å². The molecular formula is C14H21N3O2. The molecule has 0 bridgehead atoms. The molecular weight excluding hydrogens is 242 g/mol. The highest BCUT2D eigenvalue weighted by molar-refractivity contribution is 5.94. The van der Waals surface area contributed by atoms with Crippen LogP contribution in [-0.4, -0.2) is 49.1 Å². The number of ether oxygens (including phenoxy) is 1. The molecule has 19 heavy (non-hydrogen) atoms. The van der Waals surface area contributed by atoms with E-state index in [2.05, 4.69) is 10.3 Å². The zero-order valence-electron chi connectivity index (χ0n) is 11.8. The van der Waals surface area contributed by atoms with Crippen LogP contribution in [0.1, 0.15) is 28.9 Å². The molecule has 1 atom stereocenters. The Kier molecular flexibility index (Phi) is 4.37. The van der Waals surface area contributed by atoms with Gasteiger partial charge in [0, 0.05) is 38.5 Å². The van der Waals surface area contributed by atoms with E-state index < -0.39 is 0 Å². The van der Waals surface area contributed by atoms with E-state index in [0.29, 0.717) is 17.9 Å². The molecule has 0 aromatic carbocycles. The number of aromatic nitrogens is 1. The number of nitrogens with one attached hydrogen (secondary N) is 1. The maximum absolute atomic E-state index is 12.4. The molecule has 5 nitrogen and oxygen atoms in total. The van der Waals surface area contributed by atoms with Crippen molar-refractivity contribution in [2.75, 3.05) is 32.6 Å². The van der Waals surface area contributed by atoms with E-state index in [9.17, 15) is 4.79 Å². The summed E-state index contributed by atoms with van der Waals surface area (Å²) in [6, 6.07) is 3.59. The fourth-order valence-electron chi connectivity index (χ4n) is 2.32. The molecule has 1 aliphatic rings. The van der Waals surface area contributed by atoms with E-state index in [0.717, 1.165) is 25.1 Å². The second-order valence-electron chi connectivity index (χ2n) is 4.95. The summed E-state index contributed by atoms with van der Waals surface area (Å²) in [5, 5.41) is 2.97. The molecule has 0 saturated carbocycles. The van der Waals surface area contributed by atoms with Crippen molar-refractivity contribution in [1.82, 2.24) is 9.88 Å². The summed E-state index contributed by atoms with van der Waals surface area (Å²) < 4.78 is 5.56. The standard InChI is InChI=1S/C14H21N3O2/c1-10-7-11(8-13(15-2)16-10)14(18)17(3)9-12-5-4-6-19-12/h7-8,12H,4-6,9H2,1-3H3,(H,15,16). The van der Waals surface area contributed by atoms with Crippen LogP contribution in [0.3, 0.4) is 0 Å². The van der Waals surface area contributed by atoms with Gasteiger partial charge in [-0.3, -0.25) is 4.79 Å². The molecule has 1 saturated heterocycles. The number of carbonyl (C=O) groups excluding carboxylic acids is 1. The molecule has 2 rings (SSSR count). The van der Waals surface area contributed by atoms with E-state index in [1.54, 1.807) is 18.0 Å². The van der Waals surface area contributed by atoms with Gasteiger partial charge in [0.15, 0.2) is 0 Å². The topological polar surface area (TPSA) is 54.5 Å². The molecule has 1 aromatic heterocycles. The third kappa shape index (κ3) is 3.44. The lowest BCUT2D eigenvalue weighted by atomic mass is 10.2. The molecule has 1 N–H and O–H groups in total. The van der Waals surface area contributed by atoms with Crippen LogP contribution in [0, 0.1) is 6.92 Å². The fraction of sp³-hybridized carbons (Fsp3) is 0.571. The van der Waals surface area contributed by atoms with Gasteiger partial charge >= 0.3 is 0 Å². The second-order valence-corrected chi connectivity index (χ2v) is 4.95. The minimum absolute atomic E-state index is 0.0116. The number of anilines is 1. The zero-order valence-corrected chi connectivity index (χ0v) is 11.8. The first-order chi connectivity index (χ1) is 9.10. The van der Waals surface area contributed by atoms with Crippen molar-refractivity contribution in [1.29, 1.82) is 0 Å². The number of hydrogen-bond donors (Lipinski definition) is 1. The van der Waals surface area contributed by atoms with Crippen LogP contribution in [0.2, 0.25) is 0 Å². The highest BCUT2D eigenvalue weighted by Gasteiger charge is 2.21. The Morgan fingerprint density at radius 1 is 1.58 bits per heavy atom.